The quantitative estimate of drug-likeness (QED) is 0.609. The van der Waals surface area contributed by atoms with Gasteiger partial charge < -0.3 is 0 Å². The molecule has 1 aromatic rings. The zero-order valence-electron chi connectivity index (χ0n) is 6.51. The monoisotopic (exact) mass is 249 g/mol. The summed E-state index contributed by atoms with van der Waals surface area (Å²) in [5, 5.41) is 0.428. The van der Waals surface area contributed by atoms with E-state index in [2.05, 4.69) is 20.9 Å². The molecule has 2 nitrogen and oxygen atoms in total. The maximum absolute atomic E-state index is 12.1. The van der Waals surface area contributed by atoms with E-state index in [-0.39, 0.29) is 11.3 Å². The van der Waals surface area contributed by atoms with Gasteiger partial charge in [0.1, 0.15) is 12.0 Å². The van der Waals surface area contributed by atoms with E-state index in [1.54, 1.807) is 0 Å². The maximum atomic E-state index is 12.1. The van der Waals surface area contributed by atoms with Crippen molar-refractivity contribution in [2.24, 2.45) is 0 Å². The Hall–Kier alpha value is -0.840. The normalized spacial score (nSPS) is 10.5. The first kappa shape index (κ1) is 10.2. The molecule has 0 unspecified atom stereocenters. The Morgan fingerprint density at radius 3 is 2.77 bits per heavy atom. The second-order valence-corrected chi connectivity index (χ2v) is 2.92. The van der Waals surface area contributed by atoms with Crippen molar-refractivity contribution in [2.45, 2.75) is 11.8 Å². The molecule has 0 aliphatic heterocycles. The van der Waals surface area contributed by atoms with Crippen molar-refractivity contribution in [1.29, 1.82) is 0 Å². The first-order valence-corrected chi connectivity index (χ1v) is 4.59. The van der Waals surface area contributed by atoms with Gasteiger partial charge in [0.2, 0.25) is 0 Å². The summed E-state index contributed by atoms with van der Waals surface area (Å²) in [7, 11) is 0. The highest BCUT2D eigenvalue weighted by Crippen LogP contribution is 2.19. The third-order valence-corrected chi connectivity index (χ3v) is 2.14. The molecule has 0 spiro atoms. The minimum Gasteiger partial charge on any atom is -0.298 e. The van der Waals surface area contributed by atoms with E-state index in [9.17, 15) is 13.6 Å². The van der Waals surface area contributed by atoms with Crippen LogP contribution in [-0.4, -0.2) is 11.3 Å². The molecule has 1 heterocycles. The number of carbonyl (C=O) groups excluding carboxylic acids is 1. The fourth-order valence-corrected chi connectivity index (χ4v) is 1.33. The minimum atomic E-state index is -2.64. The summed E-state index contributed by atoms with van der Waals surface area (Å²) in [6.45, 7) is 0. The number of hydrogen-bond acceptors (Lipinski definition) is 2. The molecule has 0 saturated heterocycles. The van der Waals surface area contributed by atoms with Crippen LogP contribution in [0.5, 0.6) is 0 Å². The van der Waals surface area contributed by atoms with Crippen molar-refractivity contribution in [2.75, 3.05) is 0 Å². The number of aromatic nitrogens is 1. The Labute approximate surface area is 82.1 Å². The standard InChI is InChI=1S/C8H6BrF2NO/c9-2-6-3-12-7(8(10)11)1-5(6)4-13/h1,3-4,8H,2H2. The second kappa shape index (κ2) is 4.41. The minimum absolute atomic E-state index is 0.252. The molecule has 5 heteroatoms. The van der Waals surface area contributed by atoms with Gasteiger partial charge in [-0.2, -0.15) is 0 Å². The number of carbonyl (C=O) groups is 1. The van der Waals surface area contributed by atoms with Crippen LogP contribution in [0.3, 0.4) is 0 Å². The van der Waals surface area contributed by atoms with Crippen molar-refractivity contribution in [3.05, 3.63) is 29.1 Å². The van der Waals surface area contributed by atoms with Crippen LogP contribution in [0.2, 0.25) is 0 Å². The van der Waals surface area contributed by atoms with Crippen molar-refractivity contribution in [3.63, 3.8) is 0 Å². The van der Waals surface area contributed by atoms with Gasteiger partial charge in [0.25, 0.3) is 6.43 Å². The number of nitrogens with zero attached hydrogens (tertiary/aromatic N) is 1. The smallest absolute Gasteiger partial charge is 0.280 e. The van der Waals surface area contributed by atoms with Crippen LogP contribution < -0.4 is 0 Å². The fraction of sp³-hybridized carbons (Fsp3) is 0.250. The summed E-state index contributed by atoms with van der Waals surface area (Å²) in [5.41, 5.74) is 0.494. The van der Waals surface area contributed by atoms with Crippen LogP contribution in [-0.2, 0) is 5.33 Å². The maximum Gasteiger partial charge on any atom is 0.280 e. The molecule has 1 rings (SSSR count). The average molecular weight is 250 g/mol. The lowest BCUT2D eigenvalue weighted by atomic mass is 10.1. The van der Waals surface area contributed by atoms with Crippen LogP contribution in [0.4, 0.5) is 8.78 Å². The number of hydrogen-bond donors (Lipinski definition) is 0. The topological polar surface area (TPSA) is 30.0 Å². The van der Waals surface area contributed by atoms with E-state index in [0.29, 0.717) is 17.2 Å². The zero-order valence-corrected chi connectivity index (χ0v) is 8.09. The molecule has 0 amide bonds. The number of alkyl halides is 3. The molecule has 0 aliphatic carbocycles. The summed E-state index contributed by atoms with van der Waals surface area (Å²) in [5.74, 6) is 0. The molecule has 0 atom stereocenters. The Bertz CT molecular complexity index is 317. The van der Waals surface area contributed by atoms with Crippen molar-refractivity contribution in [1.82, 2.24) is 4.98 Å². The third kappa shape index (κ3) is 2.30. The fourth-order valence-electron chi connectivity index (χ4n) is 0.857. The Morgan fingerprint density at radius 1 is 1.62 bits per heavy atom. The number of pyridine rings is 1. The van der Waals surface area contributed by atoms with Gasteiger partial charge in [-0.3, -0.25) is 9.78 Å². The summed E-state index contributed by atoms with van der Waals surface area (Å²) in [4.78, 5) is 14.0. The van der Waals surface area contributed by atoms with E-state index >= 15 is 0 Å². The molecule has 0 fully saturated rings. The van der Waals surface area contributed by atoms with Gasteiger partial charge in [0.05, 0.1) is 0 Å². The lowest BCUT2D eigenvalue weighted by Gasteiger charge is -2.02. The van der Waals surface area contributed by atoms with Crippen LogP contribution in [0.15, 0.2) is 12.3 Å². The highest BCUT2D eigenvalue weighted by molar-refractivity contribution is 9.08. The molecule has 13 heavy (non-hydrogen) atoms. The van der Waals surface area contributed by atoms with E-state index in [1.165, 1.54) is 6.20 Å². The molecule has 0 bridgehead atoms. The Kier molecular flexibility index (Phi) is 3.48. The molecular formula is C8H6BrF2NO. The second-order valence-electron chi connectivity index (χ2n) is 2.36. The predicted molar refractivity (Wildman–Crippen MR) is 47.2 cm³/mol. The zero-order chi connectivity index (χ0) is 9.84. The number of rotatable bonds is 3. The Morgan fingerprint density at radius 2 is 2.31 bits per heavy atom. The van der Waals surface area contributed by atoms with Gasteiger partial charge in [-0.15, -0.1) is 0 Å². The first-order valence-electron chi connectivity index (χ1n) is 3.47. The molecule has 0 saturated carbocycles. The lowest BCUT2D eigenvalue weighted by molar-refractivity contribution is 0.112. The van der Waals surface area contributed by atoms with Crippen molar-refractivity contribution < 1.29 is 13.6 Å². The largest absolute Gasteiger partial charge is 0.298 e. The Balaban J connectivity index is 3.13. The summed E-state index contributed by atoms with van der Waals surface area (Å²) >= 11 is 3.12. The SMILES string of the molecule is O=Cc1cc(C(F)F)ncc1CBr. The predicted octanol–water partition coefficient (Wildman–Crippen LogP) is 2.73. The number of aldehydes is 1. The van der Waals surface area contributed by atoms with Crippen LogP contribution in [0.1, 0.15) is 28.0 Å². The van der Waals surface area contributed by atoms with Gasteiger partial charge in [0.15, 0.2) is 0 Å². The highest BCUT2D eigenvalue weighted by Gasteiger charge is 2.11. The first-order chi connectivity index (χ1) is 6.19. The summed E-state index contributed by atoms with van der Waals surface area (Å²) in [6, 6.07) is 1.11. The molecule has 0 aromatic carbocycles. The molecular weight excluding hydrogens is 244 g/mol. The van der Waals surface area contributed by atoms with Crippen molar-refractivity contribution in [3.8, 4) is 0 Å². The highest BCUT2D eigenvalue weighted by atomic mass is 79.9. The van der Waals surface area contributed by atoms with E-state index in [0.717, 1.165) is 6.07 Å². The van der Waals surface area contributed by atoms with E-state index < -0.39 is 6.43 Å². The average Bonchev–Trinajstić information content (AvgIpc) is 2.16. The van der Waals surface area contributed by atoms with Crippen LogP contribution in [0, 0.1) is 0 Å². The molecule has 70 valence electrons. The van der Waals surface area contributed by atoms with Gasteiger partial charge >= 0.3 is 0 Å². The van der Waals surface area contributed by atoms with E-state index in [4.69, 9.17) is 0 Å². The molecule has 1 aromatic heterocycles. The van der Waals surface area contributed by atoms with Crippen LogP contribution in [0.25, 0.3) is 0 Å². The van der Waals surface area contributed by atoms with Crippen LogP contribution >= 0.6 is 15.9 Å². The number of halogens is 3. The molecule has 0 aliphatic rings. The van der Waals surface area contributed by atoms with Crippen molar-refractivity contribution >= 4 is 22.2 Å². The van der Waals surface area contributed by atoms with Gasteiger partial charge in [-0.1, -0.05) is 15.9 Å². The van der Waals surface area contributed by atoms with Gasteiger partial charge in [-0.05, 0) is 11.6 Å². The van der Waals surface area contributed by atoms with Gasteiger partial charge in [-0.25, -0.2) is 8.78 Å². The van der Waals surface area contributed by atoms with Gasteiger partial charge in [0, 0.05) is 17.1 Å². The lowest BCUT2D eigenvalue weighted by Crippen LogP contribution is -1.96. The third-order valence-electron chi connectivity index (χ3n) is 1.54. The molecule has 0 radical (unpaired) electrons. The summed E-state index contributed by atoms with van der Waals surface area (Å²) in [6.07, 6.45) is -0.812. The molecule has 0 N–H and O–H groups in total. The van der Waals surface area contributed by atoms with E-state index in [1.807, 2.05) is 0 Å². The summed E-state index contributed by atoms with van der Waals surface area (Å²) < 4.78 is 24.3.